The fraction of sp³-hybridized carbons (Fsp3) is 0.343. The van der Waals surface area contributed by atoms with E-state index in [0.29, 0.717) is 0 Å². The average Bonchev–Trinajstić information content (AvgIpc) is 4.30. The summed E-state index contributed by atoms with van der Waals surface area (Å²) >= 11 is 7.83. The Balaban J connectivity index is 0.889. The summed E-state index contributed by atoms with van der Waals surface area (Å²) in [6.45, 7) is 4.60. The summed E-state index contributed by atoms with van der Waals surface area (Å²) in [5, 5.41) is 9.84. The van der Waals surface area contributed by atoms with Gasteiger partial charge in [0.25, 0.3) is 0 Å². The molecule has 10 aromatic rings. The molecular weight excluding hydrogens is 969 g/mol. The Morgan fingerprint density at radius 1 is 0.257 bits per heavy atom. The highest BCUT2D eigenvalue weighted by molar-refractivity contribution is 7.24. The number of fused-ring (bicyclic) bond motifs is 4. The molecule has 4 heteroatoms. The van der Waals surface area contributed by atoms with Gasteiger partial charge in [0, 0.05) is 61.3 Å². The first-order valence-corrected chi connectivity index (χ1v) is 31.7. The molecular formula is C70H74S4. The lowest BCUT2D eigenvalue weighted by Crippen LogP contribution is -1.91. The molecule has 0 atom stereocenters. The van der Waals surface area contributed by atoms with E-state index in [-0.39, 0.29) is 0 Å². The van der Waals surface area contributed by atoms with E-state index in [0.717, 1.165) is 11.1 Å². The molecule has 0 saturated heterocycles. The van der Waals surface area contributed by atoms with Crippen molar-refractivity contribution in [3.8, 4) is 52.2 Å². The number of thiophene rings is 4. The second-order valence-corrected chi connectivity index (χ2v) is 25.2. The van der Waals surface area contributed by atoms with Crippen LogP contribution in [0, 0.1) is 11.8 Å². The van der Waals surface area contributed by atoms with Gasteiger partial charge in [-0.25, -0.2) is 0 Å². The van der Waals surface area contributed by atoms with Crippen LogP contribution in [-0.4, -0.2) is 0 Å². The van der Waals surface area contributed by atoms with Gasteiger partial charge >= 0.3 is 0 Å². The maximum absolute atomic E-state index is 3.87. The third-order valence-corrected chi connectivity index (χ3v) is 20.1. The van der Waals surface area contributed by atoms with E-state index in [2.05, 4.69) is 171 Å². The van der Waals surface area contributed by atoms with Gasteiger partial charge in [-0.2, -0.15) is 0 Å². The Morgan fingerprint density at radius 3 is 0.838 bits per heavy atom. The molecule has 4 heterocycles. The van der Waals surface area contributed by atoms with Crippen LogP contribution in [0.25, 0.3) is 83.5 Å². The van der Waals surface area contributed by atoms with Crippen molar-refractivity contribution < 1.29 is 0 Å². The Bertz CT molecular complexity index is 3120. The number of benzene rings is 6. The highest BCUT2D eigenvalue weighted by Gasteiger charge is 2.19. The predicted octanol–water partition coefficient (Wildman–Crippen LogP) is 23.5. The molecule has 4 aromatic heterocycles. The molecule has 0 nitrogen and oxygen atoms in total. The van der Waals surface area contributed by atoms with Crippen molar-refractivity contribution in [1.82, 2.24) is 0 Å². The van der Waals surface area contributed by atoms with Gasteiger partial charge < -0.3 is 0 Å². The van der Waals surface area contributed by atoms with Gasteiger partial charge in [0.2, 0.25) is 0 Å². The van der Waals surface area contributed by atoms with Crippen molar-refractivity contribution in [2.45, 2.75) is 155 Å². The van der Waals surface area contributed by atoms with Crippen molar-refractivity contribution in [3.63, 3.8) is 0 Å². The lowest BCUT2D eigenvalue weighted by atomic mass is 9.89. The number of hydrogen-bond acceptors (Lipinski definition) is 4. The summed E-state index contributed by atoms with van der Waals surface area (Å²) in [6, 6.07) is 54.7. The minimum absolute atomic E-state index is 1.09. The zero-order chi connectivity index (χ0) is 50.3. The Morgan fingerprint density at radius 2 is 0.514 bits per heavy atom. The van der Waals surface area contributed by atoms with Crippen molar-refractivity contribution >= 4 is 88.4 Å². The van der Waals surface area contributed by atoms with E-state index in [4.69, 9.17) is 0 Å². The highest BCUT2D eigenvalue weighted by Crippen LogP contribution is 2.47. The lowest BCUT2D eigenvalue weighted by Gasteiger charge is -2.14. The second-order valence-electron chi connectivity index (χ2n) is 20.7. The van der Waals surface area contributed by atoms with Crippen molar-refractivity contribution in [2.24, 2.45) is 0 Å². The summed E-state index contributed by atoms with van der Waals surface area (Å²) in [7, 11) is 0. The van der Waals surface area contributed by atoms with E-state index < -0.39 is 0 Å². The number of hydrogen-bond donors (Lipinski definition) is 0. The van der Waals surface area contributed by atoms with Crippen molar-refractivity contribution in [2.75, 3.05) is 0 Å². The van der Waals surface area contributed by atoms with Crippen LogP contribution in [0.5, 0.6) is 0 Å². The maximum atomic E-state index is 3.87. The van der Waals surface area contributed by atoms with Crippen LogP contribution in [-0.2, 0) is 12.8 Å². The highest BCUT2D eigenvalue weighted by atomic mass is 32.1. The van der Waals surface area contributed by atoms with Gasteiger partial charge in [0.15, 0.2) is 0 Å². The Labute approximate surface area is 458 Å². The van der Waals surface area contributed by atoms with Crippen LogP contribution in [0.15, 0.2) is 146 Å². The normalized spacial score (nSPS) is 11.6. The summed E-state index contributed by atoms with van der Waals surface area (Å²) in [6.07, 6.45) is 30.0. The van der Waals surface area contributed by atoms with Crippen molar-refractivity contribution in [3.05, 3.63) is 166 Å². The van der Waals surface area contributed by atoms with Crippen LogP contribution in [0.1, 0.15) is 163 Å². The summed E-state index contributed by atoms with van der Waals surface area (Å²) in [5.74, 6) is 7.73. The van der Waals surface area contributed by atoms with Crippen LogP contribution in [0.2, 0.25) is 0 Å². The SMILES string of the molecule is CCCCCCCCCCCCc1ccc(-c2ccc(-c3c4ccccc4c(C#Cc4c5ccccc5c(-c5ccc(-c6ccc(CCCCCCCCCCCC)s6)s5)c5ccccc45)c4ccccc34)s2)s1. The first-order valence-electron chi connectivity index (χ1n) is 28.5. The molecule has 0 aliphatic rings. The van der Waals surface area contributed by atoms with Crippen LogP contribution < -0.4 is 0 Å². The molecule has 0 fully saturated rings. The monoisotopic (exact) mass is 1040 g/mol. The van der Waals surface area contributed by atoms with E-state index in [9.17, 15) is 0 Å². The van der Waals surface area contributed by atoms with Gasteiger partial charge in [-0.05, 0) is 117 Å². The fourth-order valence-electron chi connectivity index (χ4n) is 11.3. The standard InChI is InChI=1S/C70H74S4/c1-3-5-7-9-11-13-15-17-19-21-31-51-41-45-63(71-51)65-47-49-67(73-65)69-59-37-27-23-33-53(59)57(54-34-24-28-38-60(54)69)43-44-58-55-35-25-29-39-61(55)70(62-40-30-26-36-56(58)62)68-50-48-66(74-68)64-46-42-52(72-64)32-22-20-18-16-14-12-10-8-6-4-2/h23-30,33-42,45-50H,3-22,31-32H2,1-2H3. The Hall–Kier alpha value is -5.28. The van der Waals surface area contributed by atoms with Gasteiger partial charge in [0.05, 0.1) is 0 Å². The first kappa shape index (κ1) is 52.2. The molecule has 0 N–H and O–H groups in total. The van der Waals surface area contributed by atoms with Gasteiger partial charge in [-0.3, -0.25) is 0 Å². The molecule has 0 amide bonds. The van der Waals surface area contributed by atoms with Crippen LogP contribution in [0.4, 0.5) is 0 Å². The zero-order valence-corrected chi connectivity index (χ0v) is 47.3. The largest absolute Gasteiger partial charge is 0.139 e. The first-order chi connectivity index (χ1) is 36.7. The minimum atomic E-state index is 1.09. The molecule has 0 spiro atoms. The summed E-state index contributed by atoms with van der Waals surface area (Å²) < 4.78 is 0. The summed E-state index contributed by atoms with van der Waals surface area (Å²) in [4.78, 5) is 11.1. The zero-order valence-electron chi connectivity index (χ0n) is 44.0. The quantitative estimate of drug-likeness (QED) is 0.0288. The van der Waals surface area contributed by atoms with E-state index >= 15 is 0 Å². The third kappa shape index (κ3) is 12.5. The number of unbranched alkanes of at least 4 members (excludes halogenated alkanes) is 18. The molecule has 0 aliphatic carbocycles. The fourth-order valence-corrected chi connectivity index (χ4v) is 15.7. The van der Waals surface area contributed by atoms with E-state index in [1.54, 1.807) is 0 Å². The smallest absolute Gasteiger partial charge is 0.0449 e. The van der Waals surface area contributed by atoms with Gasteiger partial charge in [-0.1, -0.05) is 238 Å². The molecule has 74 heavy (non-hydrogen) atoms. The maximum Gasteiger partial charge on any atom is 0.0449 e. The molecule has 0 bridgehead atoms. The van der Waals surface area contributed by atoms with Gasteiger partial charge in [0.1, 0.15) is 0 Å². The van der Waals surface area contributed by atoms with Crippen LogP contribution >= 0.6 is 45.3 Å². The molecule has 10 rings (SSSR count). The Kier molecular flexibility index (Phi) is 18.7. The molecule has 378 valence electrons. The molecule has 0 saturated carbocycles. The molecule has 0 aliphatic heterocycles. The van der Waals surface area contributed by atoms with Gasteiger partial charge in [-0.15, -0.1) is 45.3 Å². The van der Waals surface area contributed by atoms with E-state index in [1.165, 1.54) is 234 Å². The number of rotatable bonds is 26. The minimum Gasteiger partial charge on any atom is -0.139 e. The third-order valence-electron chi connectivity index (χ3n) is 15.2. The topological polar surface area (TPSA) is 0 Å². The lowest BCUT2D eigenvalue weighted by molar-refractivity contribution is 0.557. The molecule has 0 radical (unpaired) electrons. The second kappa shape index (κ2) is 26.5. The van der Waals surface area contributed by atoms with Crippen molar-refractivity contribution in [1.29, 1.82) is 0 Å². The van der Waals surface area contributed by atoms with Crippen LogP contribution in [0.3, 0.4) is 0 Å². The van der Waals surface area contributed by atoms with E-state index in [1.807, 2.05) is 45.3 Å². The predicted molar refractivity (Wildman–Crippen MR) is 333 cm³/mol. The summed E-state index contributed by atoms with van der Waals surface area (Å²) in [5.41, 5.74) is 4.80. The molecule has 6 aromatic carbocycles. The molecule has 0 unspecified atom stereocenters. The average molecular weight is 1040 g/mol. The number of aryl methyl sites for hydroxylation is 2.